The molecule has 16 heavy (non-hydrogen) atoms. The van der Waals surface area contributed by atoms with E-state index in [1.165, 1.54) is 57.8 Å². The van der Waals surface area contributed by atoms with Crippen molar-refractivity contribution in [1.82, 2.24) is 0 Å². The summed E-state index contributed by atoms with van der Waals surface area (Å²) in [4.78, 5) is 0. The van der Waals surface area contributed by atoms with Crippen molar-refractivity contribution in [3.8, 4) is 0 Å². The van der Waals surface area contributed by atoms with E-state index in [4.69, 9.17) is 4.74 Å². The van der Waals surface area contributed by atoms with Gasteiger partial charge in [-0.1, -0.05) is 32.1 Å². The topological polar surface area (TPSA) is 29.5 Å². The van der Waals surface area contributed by atoms with Crippen LogP contribution in [0, 0.1) is 5.41 Å². The van der Waals surface area contributed by atoms with Crippen LogP contribution in [0.2, 0.25) is 0 Å². The van der Waals surface area contributed by atoms with Gasteiger partial charge in [0.25, 0.3) is 0 Å². The molecule has 3 saturated carbocycles. The molecule has 0 aliphatic heterocycles. The Bertz CT molecular complexity index is 239. The third-order valence-electron chi connectivity index (χ3n) is 5.19. The Balaban J connectivity index is 1.58. The van der Waals surface area contributed by atoms with E-state index < -0.39 is 0 Å². The van der Waals surface area contributed by atoms with Gasteiger partial charge in [-0.15, -0.1) is 0 Å². The Kier molecular flexibility index (Phi) is 2.97. The molecule has 0 aromatic heterocycles. The number of rotatable bonds is 2. The lowest BCUT2D eigenvalue weighted by molar-refractivity contribution is -0.211. The van der Waals surface area contributed by atoms with E-state index in [1.54, 1.807) is 0 Å². The summed E-state index contributed by atoms with van der Waals surface area (Å²) in [5.41, 5.74) is 0.178. The predicted molar refractivity (Wildman–Crippen MR) is 63.3 cm³/mol. The van der Waals surface area contributed by atoms with Gasteiger partial charge in [-0.3, -0.25) is 0 Å². The highest BCUT2D eigenvalue weighted by Crippen LogP contribution is 2.55. The summed E-state index contributed by atoms with van der Waals surface area (Å²) in [7, 11) is 0. The molecular formula is C14H24O2. The lowest BCUT2D eigenvalue weighted by Crippen LogP contribution is -2.57. The van der Waals surface area contributed by atoms with Gasteiger partial charge >= 0.3 is 0 Å². The highest BCUT2D eigenvalue weighted by Gasteiger charge is 2.56. The summed E-state index contributed by atoms with van der Waals surface area (Å²) in [5.74, 6) is 0. The second-order valence-corrected chi connectivity index (χ2v) is 6.08. The first-order chi connectivity index (χ1) is 7.81. The number of hydrogen-bond donors (Lipinski definition) is 1. The molecule has 2 unspecified atom stereocenters. The van der Waals surface area contributed by atoms with Crippen LogP contribution < -0.4 is 0 Å². The molecule has 0 bridgehead atoms. The molecule has 92 valence electrons. The zero-order valence-electron chi connectivity index (χ0n) is 10.2. The summed E-state index contributed by atoms with van der Waals surface area (Å²) < 4.78 is 6.28. The average molecular weight is 224 g/mol. The van der Waals surface area contributed by atoms with Gasteiger partial charge in [-0.2, -0.15) is 0 Å². The molecular weight excluding hydrogens is 200 g/mol. The van der Waals surface area contributed by atoms with Crippen LogP contribution >= 0.6 is 0 Å². The summed E-state index contributed by atoms with van der Waals surface area (Å²) in [6.45, 7) is 0. The quantitative estimate of drug-likeness (QED) is 0.781. The number of aliphatic hydroxyl groups excluding tert-OH is 1. The molecule has 3 rings (SSSR count). The number of aliphatic hydroxyl groups is 1. The minimum Gasteiger partial charge on any atom is -0.392 e. The molecule has 3 aliphatic rings. The average Bonchev–Trinajstić information content (AvgIpc) is 2.82. The van der Waals surface area contributed by atoms with Crippen molar-refractivity contribution < 1.29 is 9.84 Å². The molecule has 0 amide bonds. The van der Waals surface area contributed by atoms with Crippen LogP contribution in [-0.4, -0.2) is 23.4 Å². The molecule has 0 heterocycles. The lowest BCUT2D eigenvalue weighted by Gasteiger charge is -2.52. The van der Waals surface area contributed by atoms with Gasteiger partial charge in [0.2, 0.25) is 0 Å². The zero-order chi connectivity index (χ0) is 11.0. The third-order valence-corrected chi connectivity index (χ3v) is 5.19. The maximum atomic E-state index is 10.0. The molecule has 1 spiro atoms. The van der Waals surface area contributed by atoms with Gasteiger partial charge in [0.1, 0.15) is 0 Å². The van der Waals surface area contributed by atoms with Crippen LogP contribution in [0.4, 0.5) is 0 Å². The fraction of sp³-hybridized carbons (Fsp3) is 1.00. The van der Waals surface area contributed by atoms with Crippen LogP contribution in [0.1, 0.15) is 64.2 Å². The fourth-order valence-corrected chi connectivity index (χ4v) is 4.04. The Morgan fingerprint density at radius 3 is 2.25 bits per heavy atom. The highest BCUT2D eigenvalue weighted by molar-refractivity contribution is 5.06. The summed E-state index contributed by atoms with van der Waals surface area (Å²) in [5, 5.41) is 10.0. The van der Waals surface area contributed by atoms with Gasteiger partial charge in [0, 0.05) is 11.8 Å². The Hall–Kier alpha value is -0.0800. The largest absolute Gasteiger partial charge is 0.392 e. The van der Waals surface area contributed by atoms with Crippen molar-refractivity contribution in [2.75, 3.05) is 0 Å². The first-order valence-electron chi connectivity index (χ1n) is 7.15. The van der Waals surface area contributed by atoms with Crippen LogP contribution in [0.5, 0.6) is 0 Å². The second-order valence-electron chi connectivity index (χ2n) is 6.08. The van der Waals surface area contributed by atoms with Crippen molar-refractivity contribution >= 4 is 0 Å². The van der Waals surface area contributed by atoms with Crippen molar-refractivity contribution in [3.63, 3.8) is 0 Å². The highest BCUT2D eigenvalue weighted by atomic mass is 16.5. The molecule has 0 saturated heterocycles. The zero-order valence-corrected chi connectivity index (χ0v) is 10.2. The second kappa shape index (κ2) is 4.30. The Morgan fingerprint density at radius 1 is 0.938 bits per heavy atom. The van der Waals surface area contributed by atoms with E-state index in [0.29, 0.717) is 12.2 Å². The third kappa shape index (κ3) is 1.70. The van der Waals surface area contributed by atoms with Crippen LogP contribution in [0.15, 0.2) is 0 Å². The first-order valence-corrected chi connectivity index (χ1v) is 7.15. The van der Waals surface area contributed by atoms with E-state index in [-0.39, 0.29) is 11.5 Å². The predicted octanol–water partition coefficient (Wildman–Crippen LogP) is 3.03. The molecule has 0 aromatic carbocycles. The fourth-order valence-electron chi connectivity index (χ4n) is 4.04. The molecule has 3 fully saturated rings. The Morgan fingerprint density at radius 2 is 1.62 bits per heavy atom. The molecule has 2 nitrogen and oxygen atoms in total. The van der Waals surface area contributed by atoms with E-state index >= 15 is 0 Å². The lowest BCUT2D eigenvalue weighted by atomic mass is 9.62. The van der Waals surface area contributed by atoms with Gasteiger partial charge < -0.3 is 9.84 Å². The van der Waals surface area contributed by atoms with Crippen LogP contribution in [-0.2, 0) is 4.74 Å². The minimum absolute atomic E-state index is 0.0661. The van der Waals surface area contributed by atoms with Gasteiger partial charge in [-0.05, 0) is 25.7 Å². The van der Waals surface area contributed by atoms with E-state index in [0.717, 1.165) is 6.42 Å². The standard InChI is InChI=1S/C14H24O2/c15-12-10-13(14(12)8-4-5-9-14)16-11-6-2-1-3-7-11/h11-13,15H,1-10H2. The van der Waals surface area contributed by atoms with Crippen LogP contribution in [0.25, 0.3) is 0 Å². The van der Waals surface area contributed by atoms with Crippen LogP contribution in [0.3, 0.4) is 0 Å². The van der Waals surface area contributed by atoms with E-state index in [2.05, 4.69) is 0 Å². The van der Waals surface area contributed by atoms with Gasteiger partial charge in [0.05, 0.1) is 18.3 Å². The molecule has 0 aromatic rings. The first kappa shape index (κ1) is 11.0. The maximum Gasteiger partial charge on any atom is 0.0684 e. The van der Waals surface area contributed by atoms with E-state index in [1.807, 2.05) is 0 Å². The smallest absolute Gasteiger partial charge is 0.0684 e. The molecule has 0 radical (unpaired) electrons. The molecule has 2 atom stereocenters. The van der Waals surface area contributed by atoms with Crippen molar-refractivity contribution in [2.45, 2.75) is 82.5 Å². The minimum atomic E-state index is -0.0661. The molecule has 3 aliphatic carbocycles. The van der Waals surface area contributed by atoms with Gasteiger partial charge in [0.15, 0.2) is 0 Å². The van der Waals surface area contributed by atoms with E-state index in [9.17, 15) is 5.11 Å². The Labute approximate surface area is 98.4 Å². The van der Waals surface area contributed by atoms with Crippen molar-refractivity contribution in [2.24, 2.45) is 5.41 Å². The van der Waals surface area contributed by atoms with Gasteiger partial charge in [-0.25, -0.2) is 0 Å². The SMILES string of the molecule is OC1CC(OC2CCCCC2)C12CCCC2. The van der Waals surface area contributed by atoms with Crippen molar-refractivity contribution in [1.29, 1.82) is 0 Å². The normalized spacial score (nSPS) is 38.8. The number of ether oxygens (including phenoxy) is 1. The summed E-state index contributed by atoms with van der Waals surface area (Å²) in [6, 6.07) is 0. The molecule has 2 heteroatoms. The molecule has 1 N–H and O–H groups in total. The summed E-state index contributed by atoms with van der Waals surface area (Å²) in [6.07, 6.45) is 13.3. The summed E-state index contributed by atoms with van der Waals surface area (Å²) >= 11 is 0. The van der Waals surface area contributed by atoms with Crippen molar-refractivity contribution in [3.05, 3.63) is 0 Å². The monoisotopic (exact) mass is 224 g/mol. The maximum absolute atomic E-state index is 10.0. The number of hydrogen-bond acceptors (Lipinski definition) is 2.